The number of para-hydroxylation sites is 4. The Labute approximate surface area is 271 Å². The predicted octanol–water partition coefficient (Wildman–Crippen LogP) is 10.4. The fourth-order valence-corrected chi connectivity index (χ4v) is 5.36. The fourth-order valence-electron chi connectivity index (χ4n) is 5.36. The SMILES string of the molecule is Cc1nc(N(c2ccccc2)c2ccccc2)c(C)c(C)c1O.Cc1nc(N(c2ccccc2)c2ccccc2)c(C)c(C)c1O. The Morgan fingerprint density at radius 2 is 0.609 bits per heavy atom. The quantitative estimate of drug-likeness (QED) is 0.196. The lowest BCUT2D eigenvalue weighted by Crippen LogP contribution is -2.14. The van der Waals surface area contributed by atoms with Crippen molar-refractivity contribution in [3.05, 3.63) is 155 Å². The molecule has 6 heteroatoms. The van der Waals surface area contributed by atoms with Crippen molar-refractivity contribution in [1.29, 1.82) is 0 Å². The highest BCUT2D eigenvalue weighted by Crippen LogP contribution is 2.40. The second-order valence-electron chi connectivity index (χ2n) is 11.3. The van der Waals surface area contributed by atoms with E-state index in [0.29, 0.717) is 11.4 Å². The molecule has 0 aliphatic heterocycles. The average molecular weight is 609 g/mol. The number of aryl methyl sites for hydroxylation is 2. The predicted molar refractivity (Wildman–Crippen MR) is 190 cm³/mol. The van der Waals surface area contributed by atoms with E-state index in [1.54, 1.807) is 0 Å². The summed E-state index contributed by atoms with van der Waals surface area (Å²) in [7, 11) is 0. The van der Waals surface area contributed by atoms with Crippen LogP contribution in [-0.2, 0) is 0 Å². The van der Waals surface area contributed by atoms with Crippen molar-refractivity contribution in [3.63, 3.8) is 0 Å². The summed E-state index contributed by atoms with van der Waals surface area (Å²) in [5.74, 6) is 2.23. The van der Waals surface area contributed by atoms with Crippen molar-refractivity contribution < 1.29 is 10.2 Å². The third kappa shape index (κ3) is 6.57. The molecule has 0 bridgehead atoms. The maximum atomic E-state index is 10.2. The van der Waals surface area contributed by atoms with Gasteiger partial charge in [0.2, 0.25) is 0 Å². The molecular formula is C40H40N4O2. The molecule has 0 spiro atoms. The van der Waals surface area contributed by atoms with Crippen LogP contribution >= 0.6 is 0 Å². The van der Waals surface area contributed by atoms with Crippen LogP contribution in [0.4, 0.5) is 34.4 Å². The lowest BCUT2D eigenvalue weighted by molar-refractivity contribution is 0.462. The molecule has 0 amide bonds. The van der Waals surface area contributed by atoms with E-state index >= 15 is 0 Å². The van der Waals surface area contributed by atoms with E-state index in [1.165, 1.54) is 0 Å². The van der Waals surface area contributed by atoms with Gasteiger partial charge in [0.1, 0.15) is 23.1 Å². The van der Waals surface area contributed by atoms with Crippen LogP contribution in [0.1, 0.15) is 33.6 Å². The third-order valence-corrected chi connectivity index (χ3v) is 8.22. The minimum atomic E-state index is 0.271. The van der Waals surface area contributed by atoms with Gasteiger partial charge in [-0.15, -0.1) is 0 Å². The molecule has 6 aromatic rings. The van der Waals surface area contributed by atoms with Crippen molar-refractivity contribution in [2.45, 2.75) is 41.5 Å². The number of anilines is 6. The Bertz CT molecular complexity index is 1690. The summed E-state index contributed by atoms with van der Waals surface area (Å²) >= 11 is 0. The third-order valence-electron chi connectivity index (χ3n) is 8.22. The molecule has 0 aliphatic carbocycles. The Morgan fingerprint density at radius 1 is 0.370 bits per heavy atom. The number of nitrogens with zero attached hydrogens (tertiary/aromatic N) is 4. The number of benzene rings is 4. The first kappa shape index (κ1) is 31.8. The van der Waals surface area contributed by atoms with Crippen molar-refractivity contribution in [2.75, 3.05) is 9.80 Å². The molecule has 232 valence electrons. The Kier molecular flexibility index (Phi) is 9.67. The molecule has 6 nitrogen and oxygen atoms in total. The highest BCUT2D eigenvalue weighted by molar-refractivity contribution is 5.78. The summed E-state index contributed by atoms with van der Waals surface area (Å²) in [6.45, 7) is 11.5. The molecule has 0 atom stereocenters. The fraction of sp³-hybridized carbons (Fsp3) is 0.150. The van der Waals surface area contributed by atoms with Crippen molar-refractivity contribution in [3.8, 4) is 11.5 Å². The van der Waals surface area contributed by atoms with Crippen LogP contribution in [0.2, 0.25) is 0 Å². The summed E-state index contributed by atoms with van der Waals surface area (Å²) in [4.78, 5) is 13.6. The van der Waals surface area contributed by atoms with Gasteiger partial charge in [-0.1, -0.05) is 72.8 Å². The average Bonchev–Trinajstić information content (AvgIpc) is 3.10. The topological polar surface area (TPSA) is 72.7 Å². The molecule has 0 unspecified atom stereocenters. The monoisotopic (exact) mass is 608 g/mol. The summed E-state index contributed by atoms with van der Waals surface area (Å²) in [6.07, 6.45) is 0. The molecule has 0 aliphatic rings. The first-order valence-corrected chi connectivity index (χ1v) is 15.3. The summed E-state index contributed by atoms with van der Waals surface area (Å²) in [6, 6.07) is 40.6. The molecule has 2 aromatic heterocycles. The number of pyridine rings is 2. The highest BCUT2D eigenvalue weighted by atomic mass is 16.3. The van der Waals surface area contributed by atoms with Gasteiger partial charge < -0.3 is 10.2 Å². The lowest BCUT2D eigenvalue weighted by Gasteiger charge is -2.27. The van der Waals surface area contributed by atoms with Gasteiger partial charge in [-0.3, -0.25) is 9.80 Å². The molecule has 4 aromatic carbocycles. The molecular weight excluding hydrogens is 568 g/mol. The minimum Gasteiger partial charge on any atom is -0.506 e. The maximum absolute atomic E-state index is 10.2. The van der Waals surface area contributed by atoms with Gasteiger partial charge >= 0.3 is 0 Å². The maximum Gasteiger partial charge on any atom is 0.141 e. The smallest absolute Gasteiger partial charge is 0.141 e. The summed E-state index contributed by atoms with van der Waals surface area (Å²) in [5, 5.41) is 20.3. The normalized spacial score (nSPS) is 10.6. The number of hydrogen-bond acceptors (Lipinski definition) is 6. The van der Waals surface area contributed by atoms with E-state index in [9.17, 15) is 10.2 Å². The summed E-state index contributed by atoms with van der Waals surface area (Å²) in [5.41, 5.74) is 9.12. The zero-order chi connectivity index (χ0) is 32.8. The molecule has 0 radical (unpaired) electrons. The standard InChI is InChI=1S/2C20H20N2O/c2*1-14-15(2)20(21-16(3)19(14)23)22(17-10-6-4-7-11-17)18-12-8-5-9-13-18/h2*4-13,23H,1-3H3. The van der Waals surface area contributed by atoms with Gasteiger partial charge in [-0.05, 0) is 112 Å². The van der Waals surface area contributed by atoms with Crippen LogP contribution in [0.5, 0.6) is 11.5 Å². The van der Waals surface area contributed by atoms with Crippen molar-refractivity contribution in [1.82, 2.24) is 9.97 Å². The number of aromatic nitrogens is 2. The number of rotatable bonds is 6. The van der Waals surface area contributed by atoms with E-state index in [0.717, 1.165) is 56.6 Å². The Hall–Kier alpha value is -5.62. The van der Waals surface area contributed by atoms with E-state index < -0.39 is 0 Å². The van der Waals surface area contributed by atoms with Gasteiger partial charge in [-0.2, -0.15) is 0 Å². The van der Waals surface area contributed by atoms with Crippen LogP contribution in [-0.4, -0.2) is 20.2 Å². The zero-order valence-corrected chi connectivity index (χ0v) is 27.2. The molecule has 2 N–H and O–H groups in total. The Balaban J connectivity index is 0.000000181. The summed E-state index contributed by atoms with van der Waals surface area (Å²) < 4.78 is 0. The second-order valence-corrected chi connectivity index (χ2v) is 11.3. The molecule has 0 fully saturated rings. The van der Waals surface area contributed by atoms with E-state index in [4.69, 9.17) is 0 Å². The lowest BCUT2D eigenvalue weighted by atomic mass is 10.1. The number of hydrogen-bond donors (Lipinski definition) is 2. The largest absolute Gasteiger partial charge is 0.506 e. The molecule has 6 rings (SSSR count). The van der Waals surface area contributed by atoms with Crippen molar-refractivity contribution >= 4 is 34.4 Å². The van der Waals surface area contributed by atoms with Gasteiger partial charge in [0, 0.05) is 22.7 Å². The van der Waals surface area contributed by atoms with Crippen LogP contribution in [0.3, 0.4) is 0 Å². The second kappa shape index (κ2) is 14.0. The van der Waals surface area contributed by atoms with E-state index in [2.05, 4.69) is 68.3 Å². The highest BCUT2D eigenvalue weighted by Gasteiger charge is 2.21. The van der Waals surface area contributed by atoms with Gasteiger partial charge in [0.25, 0.3) is 0 Å². The Morgan fingerprint density at radius 3 is 0.848 bits per heavy atom. The van der Waals surface area contributed by atoms with E-state index in [-0.39, 0.29) is 11.5 Å². The number of aromatic hydroxyl groups is 2. The van der Waals surface area contributed by atoms with Crippen LogP contribution in [0, 0.1) is 41.5 Å². The van der Waals surface area contributed by atoms with E-state index in [1.807, 2.05) is 114 Å². The van der Waals surface area contributed by atoms with Gasteiger partial charge in [0.05, 0.1) is 11.4 Å². The molecule has 0 saturated heterocycles. The van der Waals surface area contributed by atoms with Crippen LogP contribution in [0.25, 0.3) is 0 Å². The molecule has 2 heterocycles. The molecule has 0 saturated carbocycles. The first-order valence-electron chi connectivity index (χ1n) is 15.3. The molecule has 46 heavy (non-hydrogen) atoms. The van der Waals surface area contributed by atoms with Gasteiger partial charge in [0.15, 0.2) is 0 Å². The van der Waals surface area contributed by atoms with Crippen LogP contribution < -0.4 is 9.80 Å². The van der Waals surface area contributed by atoms with Crippen LogP contribution in [0.15, 0.2) is 121 Å². The minimum absolute atomic E-state index is 0.271. The van der Waals surface area contributed by atoms with Gasteiger partial charge in [-0.25, -0.2) is 9.97 Å². The first-order chi connectivity index (χ1) is 22.2. The zero-order valence-electron chi connectivity index (χ0n) is 27.2. The van der Waals surface area contributed by atoms with Crippen molar-refractivity contribution in [2.24, 2.45) is 0 Å².